The van der Waals surface area contributed by atoms with E-state index in [1.807, 2.05) is 0 Å². The van der Waals surface area contributed by atoms with Crippen molar-refractivity contribution in [1.29, 1.82) is 0 Å². The molecule has 1 unspecified atom stereocenters. The molecule has 21 heavy (non-hydrogen) atoms. The van der Waals surface area contributed by atoms with Crippen molar-refractivity contribution in [2.75, 3.05) is 20.1 Å². The van der Waals surface area contributed by atoms with Crippen molar-refractivity contribution in [3.63, 3.8) is 0 Å². The summed E-state index contributed by atoms with van der Waals surface area (Å²) >= 11 is 0. The van der Waals surface area contributed by atoms with E-state index in [0.29, 0.717) is 6.54 Å². The second-order valence-corrected chi connectivity index (χ2v) is 4.62. The normalized spacial score (nSPS) is 11.5. The number of hydrogen-bond acceptors (Lipinski definition) is 5. The second-order valence-electron chi connectivity index (χ2n) is 4.62. The summed E-state index contributed by atoms with van der Waals surface area (Å²) in [5, 5.41) is 16.4. The Balaban J connectivity index is 3.87. The Morgan fingerprint density at radius 1 is 1.00 bits per heavy atom. The van der Waals surface area contributed by atoms with E-state index in [4.69, 9.17) is 5.11 Å². The predicted octanol–water partition coefficient (Wildman–Crippen LogP) is -0.959. The molecule has 0 aromatic heterocycles. The van der Waals surface area contributed by atoms with Crippen molar-refractivity contribution in [1.82, 2.24) is 16.0 Å². The fraction of sp³-hybridized carbons (Fsp3) is 0.692. The molecule has 0 rings (SSSR count). The minimum Gasteiger partial charge on any atom is -0.481 e. The molecule has 0 aliphatic heterocycles. The molecule has 0 aromatic rings. The Labute approximate surface area is 123 Å². The lowest BCUT2D eigenvalue weighted by Crippen LogP contribution is -2.44. The van der Waals surface area contributed by atoms with E-state index in [1.165, 1.54) is 6.92 Å². The molecule has 4 N–H and O–H groups in total. The van der Waals surface area contributed by atoms with Gasteiger partial charge >= 0.3 is 5.97 Å². The number of Topliss-reactive ketones (excluding diaryl/α,β-unsaturated/α-hetero) is 1. The third-order valence-electron chi connectivity index (χ3n) is 2.76. The van der Waals surface area contributed by atoms with Crippen LogP contribution in [-0.2, 0) is 19.2 Å². The van der Waals surface area contributed by atoms with Crippen LogP contribution < -0.4 is 16.0 Å². The molecule has 0 saturated heterocycles. The van der Waals surface area contributed by atoms with E-state index < -0.39 is 12.0 Å². The Kier molecular flexibility index (Phi) is 9.78. The zero-order valence-corrected chi connectivity index (χ0v) is 12.4. The number of carbonyl (C=O) groups is 4. The van der Waals surface area contributed by atoms with Crippen LogP contribution in [0.25, 0.3) is 0 Å². The Bertz CT molecular complexity index is 384. The summed E-state index contributed by atoms with van der Waals surface area (Å²) in [4.78, 5) is 44.3. The fourth-order valence-corrected chi connectivity index (χ4v) is 1.56. The number of nitrogens with one attached hydrogen (secondary N) is 3. The lowest BCUT2D eigenvalue weighted by molar-refractivity contribution is -0.137. The first-order valence-corrected chi connectivity index (χ1v) is 6.79. The van der Waals surface area contributed by atoms with Crippen LogP contribution in [0.5, 0.6) is 0 Å². The monoisotopic (exact) mass is 301 g/mol. The van der Waals surface area contributed by atoms with Crippen LogP contribution in [0.2, 0.25) is 0 Å². The van der Waals surface area contributed by atoms with Gasteiger partial charge in [-0.05, 0) is 20.4 Å². The van der Waals surface area contributed by atoms with Gasteiger partial charge in [-0.25, -0.2) is 0 Å². The van der Waals surface area contributed by atoms with Gasteiger partial charge < -0.3 is 21.1 Å². The van der Waals surface area contributed by atoms with Gasteiger partial charge in [0.1, 0.15) is 5.78 Å². The number of hydrogen-bond donors (Lipinski definition) is 4. The molecule has 0 heterocycles. The van der Waals surface area contributed by atoms with Crippen molar-refractivity contribution in [3.05, 3.63) is 0 Å². The van der Waals surface area contributed by atoms with Gasteiger partial charge in [0, 0.05) is 32.4 Å². The molecule has 120 valence electrons. The number of carbonyl (C=O) groups excluding carboxylic acids is 3. The number of carboxylic acids is 1. The molecule has 8 nitrogen and oxygen atoms in total. The molecule has 0 spiro atoms. The lowest BCUT2D eigenvalue weighted by atomic mass is 10.1. The molecule has 0 aliphatic carbocycles. The number of likely N-dealkylation sites (N-methyl/N-ethyl adjacent to an activating group) is 1. The van der Waals surface area contributed by atoms with Gasteiger partial charge in [0.2, 0.25) is 11.8 Å². The summed E-state index contributed by atoms with van der Waals surface area (Å²) < 4.78 is 0. The topological polar surface area (TPSA) is 125 Å². The van der Waals surface area contributed by atoms with E-state index in [2.05, 4.69) is 16.0 Å². The van der Waals surface area contributed by atoms with Crippen LogP contribution in [0, 0.1) is 0 Å². The van der Waals surface area contributed by atoms with Crippen LogP contribution in [0.3, 0.4) is 0 Å². The van der Waals surface area contributed by atoms with Crippen LogP contribution in [0.1, 0.15) is 32.6 Å². The Morgan fingerprint density at radius 2 is 1.62 bits per heavy atom. The van der Waals surface area contributed by atoms with E-state index in [-0.39, 0.29) is 49.8 Å². The average Bonchev–Trinajstić information content (AvgIpc) is 2.38. The van der Waals surface area contributed by atoms with Crippen LogP contribution in [-0.4, -0.2) is 54.9 Å². The molecule has 0 aliphatic rings. The maximum atomic E-state index is 11.7. The second kappa shape index (κ2) is 10.8. The minimum atomic E-state index is -0.965. The first-order valence-electron chi connectivity index (χ1n) is 6.79. The average molecular weight is 301 g/mol. The van der Waals surface area contributed by atoms with E-state index in [0.717, 1.165) is 0 Å². The molecule has 0 bridgehead atoms. The van der Waals surface area contributed by atoms with E-state index >= 15 is 0 Å². The lowest BCUT2D eigenvalue weighted by Gasteiger charge is -2.14. The first kappa shape index (κ1) is 19.0. The summed E-state index contributed by atoms with van der Waals surface area (Å²) in [5.74, 6) is -1.55. The molecule has 1 atom stereocenters. The van der Waals surface area contributed by atoms with Gasteiger partial charge in [-0.15, -0.1) is 0 Å². The molecule has 0 aromatic carbocycles. The van der Waals surface area contributed by atoms with Crippen LogP contribution in [0.15, 0.2) is 0 Å². The Morgan fingerprint density at radius 3 is 2.14 bits per heavy atom. The smallest absolute Gasteiger partial charge is 0.303 e. The molecule has 8 heteroatoms. The highest BCUT2D eigenvalue weighted by molar-refractivity contribution is 5.83. The van der Waals surface area contributed by atoms with Gasteiger partial charge in [-0.1, -0.05) is 0 Å². The number of amides is 2. The van der Waals surface area contributed by atoms with E-state index in [9.17, 15) is 19.2 Å². The third kappa shape index (κ3) is 10.5. The molecule has 0 radical (unpaired) electrons. The van der Waals surface area contributed by atoms with Gasteiger partial charge in [0.25, 0.3) is 0 Å². The fourth-order valence-electron chi connectivity index (χ4n) is 1.56. The Hall–Kier alpha value is -1.96. The maximum Gasteiger partial charge on any atom is 0.303 e. The van der Waals surface area contributed by atoms with Crippen molar-refractivity contribution in [3.8, 4) is 0 Å². The van der Waals surface area contributed by atoms with Crippen molar-refractivity contribution in [2.24, 2.45) is 0 Å². The number of rotatable bonds is 11. The standard InChI is InChI=1S/C13H23N3O5/c1-9(17)5-7-15-11(18)6-8-16-13(21)10(14-2)3-4-12(19)20/h10,14H,3-8H2,1-2H3,(H,15,18)(H,16,21)(H,19,20). The highest BCUT2D eigenvalue weighted by Crippen LogP contribution is 1.97. The minimum absolute atomic E-state index is 0.00102. The first-order chi connectivity index (χ1) is 9.86. The quantitative estimate of drug-likeness (QED) is 0.389. The zero-order chi connectivity index (χ0) is 16.3. The SMILES string of the molecule is CNC(CCC(=O)O)C(=O)NCCC(=O)NCCC(C)=O. The highest BCUT2D eigenvalue weighted by Gasteiger charge is 2.17. The van der Waals surface area contributed by atoms with Gasteiger partial charge in [0.15, 0.2) is 0 Å². The third-order valence-corrected chi connectivity index (χ3v) is 2.76. The number of carboxylic acid groups (broad SMARTS) is 1. The molecule has 0 fully saturated rings. The van der Waals surface area contributed by atoms with Crippen molar-refractivity contribution >= 4 is 23.6 Å². The molecule has 2 amide bonds. The van der Waals surface area contributed by atoms with Crippen molar-refractivity contribution < 1.29 is 24.3 Å². The summed E-state index contributed by atoms with van der Waals surface area (Å²) in [6, 6.07) is -0.595. The zero-order valence-electron chi connectivity index (χ0n) is 12.4. The van der Waals surface area contributed by atoms with Gasteiger partial charge in [-0.2, -0.15) is 0 Å². The number of ketones is 1. The number of aliphatic carboxylic acids is 1. The van der Waals surface area contributed by atoms with E-state index in [1.54, 1.807) is 7.05 Å². The summed E-state index contributed by atoms with van der Waals surface area (Å²) in [6.07, 6.45) is 0.473. The van der Waals surface area contributed by atoms with Crippen LogP contribution >= 0.6 is 0 Å². The summed E-state index contributed by atoms with van der Waals surface area (Å²) in [5.41, 5.74) is 0. The van der Waals surface area contributed by atoms with Crippen molar-refractivity contribution in [2.45, 2.75) is 38.6 Å². The summed E-state index contributed by atoms with van der Waals surface area (Å²) in [6.45, 7) is 1.90. The maximum absolute atomic E-state index is 11.7. The molecular weight excluding hydrogens is 278 g/mol. The predicted molar refractivity (Wildman–Crippen MR) is 75.7 cm³/mol. The van der Waals surface area contributed by atoms with Gasteiger partial charge in [0.05, 0.1) is 6.04 Å². The largest absolute Gasteiger partial charge is 0.481 e. The highest BCUT2D eigenvalue weighted by atomic mass is 16.4. The molecule has 0 saturated carbocycles. The summed E-state index contributed by atoms with van der Waals surface area (Å²) in [7, 11) is 1.57. The van der Waals surface area contributed by atoms with Gasteiger partial charge in [-0.3, -0.25) is 19.2 Å². The van der Waals surface area contributed by atoms with Crippen LogP contribution in [0.4, 0.5) is 0 Å². The molecular formula is C13H23N3O5.